The van der Waals surface area contributed by atoms with E-state index in [4.69, 9.17) is 9.78 Å². The standard InChI is InChI=1S/C15H16O3/c1-2-15(11-7-4-8-12-15)18-17-14(16)13-9-5-3-6-10-13/h3-11H,2,12H2,1H3. The second-order valence-corrected chi connectivity index (χ2v) is 4.23. The van der Waals surface area contributed by atoms with Gasteiger partial charge in [0.1, 0.15) is 5.60 Å². The summed E-state index contributed by atoms with van der Waals surface area (Å²) in [5, 5.41) is 0. The SMILES string of the molecule is CCC1(OOC(=O)c2ccccc2)C=CC=CC1. The van der Waals surface area contributed by atoms with Gasteiger partial charge in [-0.1, -0.05) is 43.4 Å². The monoisotopic (exact) mass is 244 g/mol. The number of allylic oxidation sites excluding steroid dienone is 2. The molecule has 0 bridgehead atoms. The Labute approximate surface area is 107 Å². The summed E-state index contributed by atoms with van der Waals surface area (Å²) in [4.78, 5) is 22.0. The zero-order valence-electron chi connectivity index (χ0n) is 10.3. The zero-order chi connectivity index (χ0) is 12.8. The summed E-state index contributed by atoms with van der Waals surface area (Å²) in [6.45, 7) is 2.00. The Kier molecular flexibility index (Phi) is 3.95. The molecular formula is C15H16O3. The van der Waals surface area contributed by atoms with Crippen LogP contribution in [0, 0.1) is 0 Å². The minimum absolute atomic E-state index is 0.466. The molecule has 0 N–H and O–H groups in total. The van der Waals surface area contributed by atoms with Gasteiger partial charge in [0.2, 0.25) is 0 Å². The van der Waals surface area contributed by atoms with E-state index in [1.54, 1.807) is 24.3 Å². The van der Waals surface area contributed by atoms with Crippen molar-refractivity contribution in [2.24, 2.45) is 0 Å². The lowest BCUT2D eigenvalue weighted by atomic mass is 9.93. The molecule has 1 aliphatic rings. The second kappa shape index (κ2) is 5.65. The lowest BCUT2D eigenvalue weighted by Crippen LogP contribution is -2.31. The van der Waals surface area contributed by atoms with Crippen molar-refractivity contribution in [2.75, 3.05) is 0 Å². The van der Waals surface area contributed by atoms with Crippen molar-refractivity contribution >= 4 is 5.97 Å². The first-order valence-electron chi connectivity index (χ1n) is 6.05. The Morgan fingerprint density at radius 3 is 2.67 bits per heavy atom. The van der Waals surface area contributed by atoms with Gasteiger partial charge in [-0.3, -0.25) is 4.89 Å². The van der Waals surface area contributed by atoms with Crippen LogP contribution in [0.4, 0.5) is 0 Å². The molecule has 0 saturated heterocycles. The summed E-state index contributed by atoms with van der Waals surface area (Å²) in [5.74, 6) is -0.466. The van der Waals surface area contributed by atoms with Crippen LogP contribution >= 0.6 is 0 Å². The van der Waals surface area contributed by atoms with Crippen LogP contribution in [-0.2, 0) is 9.78 Å². The number of hydrogen-bond donors (Lipinski definition) is 0. The lowest BCUT2D eigenvalue weighted by Gasteiger charge is -2.27. The first-order valence-corrected chi connectivity index (χ1v) is 6.05. The van der Waals surface area contributed by atoms with Crippen molar-refractivity contribution in [3.63, 3.8) is 0 Å². The van der Waals surface area contributed by atoms with E-state index in [1.807, 2.05) is 37.3 Å². The molecular weight excluding hydrogens is 228 g/mol. The number of carbonyl (C=O) groups excluding carboxylic acids is 1. The predicted octanol–water partition coefficient (Wildman–Crippen LogP) is 3.44. The van der Waals surface area contributed by atoms with Gasteiger partial charge in [0, 0.05) is 6.42 Å². The van der Waals surface area contributed by atoms with Crippen LogP contribution in [0.3, 0.4) is 0 Å². The van der Waals surface area contributed by atoms with E-state index in [9.17, 15) is 4.79 Å². The fraction of sp³-hybridized carbons (Fsp3) is 0.267. The summed E-state index contributed by atoms with van der Waals surface area (Å²) in [5.41, 5.74) is -0.0433. The molecule has 3 heteroatoms. The highest BCUT2D eigenvalue weighted by molar-refractivity contribution is 5.88. The largest absolute Gasteiger partial charge is 0.373 e. The first-order chi connectivity index (χ1) is 8.76. The molecule has 1 aliphatic carbocycles. The minimum Gasteiger partial charge on any atom is -0.292 e. The highest BCUT2D eigenvalue weighted by atomic mass is 17.2. The maximum atomic E-state index is 11.8. The Morgan fingerprint density at radius 1 is 1.28 bits per heavy atom. The van der Waals surface area contributed by atoms with E-state index < -0.39 is 11.6 Å². The van der Waals surface area contributed by atoms with Crippen LogP contribution in [-0.4, -0.2) is 11.6 Å². The van der Waals surface area contributed by atoms with E-state index in [0.717, 1.165) is 6.42 Å². The number of carbonyl (C=O) groups is 1. The summed E-state index contributed by atoms with van der Waals surface area (Å²) in [6, 6.07) is 8.81. The van der Waals surface area contributed by atoms with Crippen LogP contribution in [0.25, 0.3) is 0 Å². The minimum atomic E-state index is -0.529. The van der Waals surface area contributed by atoms with Gasteiger partial charge in [-0.2, -0.15) is 4.89 Å². The van der Waals surface area contributed by atoms with Gasteiger partial charge in [0.25, 0.3) is 0 Å². The fourth-order valence-electron chi connectivity index (χ4n) is 1.77. The van der Waals surface area contributed by atoms with Crippen LogP contribution in [0.15, 0.2) is 54.6 Å². The van der Waals surface area contributed by atoms with Gasteiger partial charge in [-0.15, -0.1) is 0 Å². The van der Waals surface area contributed by atoms with E-state index >= 15 is 0 Å². The van der Waals surface area contributed by atoms with Gasteiger partial charge in [0.15, 0.2) is 0 Å². The van der Waals surface area contributed by atoms with Crippen molar-refractivity contribution in [3.05, 3.63) is 60.2 Å². The fourth-order valence-corrected chi connectivity index (χ4v) is 1.77. The van der Waals surface area contributed by atoms with Crippen molar-refractivity contribution in [3.8, 4) is 0 Å². The first kappa shape index (κ1) is 12.6. The number of rotatable bonds is 4. The molecule has 0 aromatic heterocycles. The molecule has 2 rings (SSSR count). The predicted molar refractivity (Wildman–Crippen MR) is 68.9 cm³/mol. The normalized spacial score (nSPS) is 21.8. The third kappa shape index (κ3) is 2.87. The molecule has 94 valence electrons. The molecule has 1 aromatic carbocycles. The molecule has 0 fully saturated rings. The second-order valence-electron chi connectivity index (χ2n) is 4.23. The third-order valence-electron chi connectivity index (χ3n) is 3.00. The van der Waals surface area contributed by atoms with E-state index in [2.05, 4.69) is 0 Å². The van der Waals surface area contributed by atoms with Crippen LogP contribution < -0.4 is 0 Å². The van der Waals surface area contributed by atoms with Crippen LogP contribution in [0.2, 0.25) is 0 Å². The van der Waals surface area contributed by atoms with Crippen LogP contribution in [0.5, 0.6) is 0 Å². The molecule has 0 amide bonds. The maximum absolute atomic E-state index is 11.8. The lowest BCUT2D eigenvalue weighted by molar-refractivity contribution is -0.302. The smallest absolute Gasteiger partial charge is 0.292 e. The molecule has 0 radical (unpaired) electrons. The number of hydrogen-bond acceptors (Lipinski definition) is 3. The molecule has 0 saturated carbocycles. The van der Waals surface area contributed by atoms with Gasteiger partial charge in [0.05, 0.1) is 5.56 Å². The van der Waals surface area contributed by atoms with Gasteiger partial charge < -0.3 is 0 Å². The Bertz CT molecular complexity index is 462. The van der Waals surface area contributed by atoms with Crippen LogP contribution in [0.1, 0.15) is 30.1 Å². The third-order valence-corrected chi connectivity index (χ3v) is 3.00. The van der Waals surface area contributed by atoms with E-state index in [0.29, 0.717) is 12.0 Å². The summed E-state index contributed by atoms with van der Waals surface area (Å²) in [7, 11) is 0. The van der Waals surface area contributed by atoms with Gasteiger partial charge >= 0.3 is 5.97 Å². The molecule has 1 atom stereocenters. The number of benzene rings is 1. The Hall–Kier alpha value is -1.87. The topological polar surface area (TPSA) is 35.5 Å². The summed E-state index contributed by atoms with van der Waals surface area (Å²) < 4.78 is 0. The van der Waals surface area contributed by atoms with Crippen molar-refractivity contribution in [1.29, 1.82) is 0 Å². The van der Waals surface area contributed by atoms with Crippen molar-refractivity contribution in [2.45, 2.75) is 25.4 Å². The molecule has 0 heterocycles. The van der Waals surface area contributed by atoms with E-state index in [1.165, 1.54) is 0 Å². The Balaban J connectivity index is 1.97. The van der Waals surface area contributed by atoms with Gasteiger partial charge in [-0.25, -0.2) is 4.79 Å². The molecule has 0 spiro atoms. The van der Waals surface area contributed by atoms with E-state index in [-0.39, 0.29) is 0 Å². The molecule has 18 heavy (non-hydrogen) atoms. The van der Waals surface area contributed by atoms with Gasteiger partial charge in [-0.05, 0) is 24.6 Å². The molecule has 1 unspecified atom stereocenters. The maximum Gasteiger partial charge on any atom is 0.373 e. The highest BCUT2D eigenvalue weighted by Gasteiger charge is 2.29. The zero-order valence-corrected chi connectivity index (χ0v) is 10.3. The average Bonchev–Trinajstić information content (AvgIpc) is 2.47. The Morgan fingerprint density at radius 2 is 2.06 bits per heavy atom. The quantitative estimate of drug-likeness (QED) is 0.601. The highest BCUT2D eigenvalue weighted by Crippen LogP contribution is 2.26. The van der Waals surface area contributed by atoms with Crippen molar-refractivity contribution in [1.82, 2.24) is 0 Å². The molecule has 3 nitrogen and oxygen atoms in total. The summed E-state index contributed by atoms with van der Waals surface area (Å²) >= 11 is 0. The summed E-state index contributed by atoms with van der Waals surface area (Å²) in [6.07, 6.45) is 9.24. The van der Waals surface area contributed by atoms with Crippen molar-refractivity contribution < 1.29 is 14.6 Å². The molecule has 1 aromatic rings. The average molecular weight is 244 g/mol. The molecule has 0 aliphatic heterocycles.